The second-order valence-electron chi connectivity index (χ2n) is 4.94. The monoisotopic (exact) mass is 328 g/mol. The first-order chi connectivity index (χ1) is 11.0. The number of non-ortho nitro benzene ring substituents is 1. The molecular formula is C16H16N4O2S. The van der Waals surface area contributed by atoms with Gasteiger partial charge in [-0.25, -0.2) is 0 Å². The van der Waals surface area contributed by atoms with Gasteiger partial charge in [0.2, 0.25) is 0 Å². The minimum absolute atomic E-state index is 0.0254. The van der Waals surface area contributed by atoms with E-state index < -0.39 is 4.92 Å². The molecule has 118 valence electrons. The van der Waals surface area contributed by atoms with Crippen molar-refractivity contribution in [3.63, 3.8) is 0 Å². The maximum atomic E-state index is 10.8. The van der Waals surface area contributed by atoms with Crippen LogP contribution in [0.5, 0.6) is 0 Å². The Morgan fingerprint density at radius 2 is 1.91 bits per heavy atom. The van der Waals surface area contributed by atoms with Crippen LogP contribution < -0.4 is 10.7 Å². The summed E-state index contributed by atoms with van der Waals surface area (Å²) in [5.74, 6) is 0. The van der Waals surface area contributed by atoms with E-state index in [1.807, 2.05) is 31.2 Å². The Morgan fingerprint density at radius 1 is 1.22 bits per heavy atom. The zero-order valence-electron chi connectivity index (χ0n) is 12.7. The summed E-state index contributed by atoms with van der Waals surface area (Å²) >= 11 is 5.17. The fourth-order valence-corrected chi connectivity index (χ4v) is 2.00. The Kier molecular flexibility index (Phi) is 5.37. The Morgan fingerprint density at radius 3 is 2.57 bits per heavy atom. The number of aryl methyl sites for hydroxylation is 1. The van der Waals surface area contributed by atoms with Crippen LogP contribution in [-0.4, -0.2) is 15.7 Å². The van der Waals surface area contributed by atoms with Crippen molar-refractivity contribution in [3.05, 3.63) is 69.8 Å². The summed E-state index contributed by atoms with van der Waals surface area (Å²) in [6.45, 7) is 3.76. The average Bonchev–Trinajstić information content (AvgIpc) is 2.55. The van der Waals surface area contributed by atoms with Gasteiger partial charge in [-0.3, -0.25) is 15.5 Å². The number of rotatable bonds is 4. The molecule has 2 aromatic rings. The van der Waals surface area contributed by atoms with Gasteiger partial charge < -0.3 is 5.32 Å². The molecule has 2 rings (SSSR count). The van der Waals surface area contributed by atoms with Gasteiger partial charge in [0.15, 0.2) is 5.11 Å². The molecule has 2 aromatic carbocycles. The second kappa shape index (κ2) is 7.46. The third-order valence-corrected chi connectivity index (χ3v) is 3.30. The van der Waals surface area contributed by atoms with Crippen molar-refractivity contribution < 1.29 is 4.92 Å². The molecule has 0 aromatic heterocycles. The van der Waals surface area contributed by atoms with Gasteiger partial charge in [0.05, 0.1) is 10.6 Å². The Bertz CT molecular complexity index is 757. The molecule has 0 aliphatic heterocycles. The molecule has 0 atom stereocenters. The number of hydrogen-bond acceptors (Lipinski definition) is 4. The number of nitro groups is 1. The minimum Gasteiger partial charge on any atom is -0.331 e. The summed E-state index contributed by atoms with van der Waals surface area (Å²) in [5, 5.41) is 18.3. The molecule has 0 fully saturated rings. The van der Waals surface area contributed by atoms with Gasteiger partial charge in [-0.05, 0) is 38.2 Å². The highest BCUT2D eigenvalue weighted by molar-refractivity contribution is 7.80. The predicted octanol–water partition coefficient (Wildman–Crippen LogP) is 3.61. The lowest BCUT2D eigenvalue weighted by Crippen LogP contribution is -2.24. The number of anilines is 1. The van der Waals surface area contributed by atoms with Crippen molar-refractivity contribution in [2.24, 2.45) is 5.10 Å². The average molecular weight is 328 g/mol. The van der Waals surface area contributed by atoms with Crippen LogP contribution in [0.2, 0.25) is 0 Å². The number of benzene rings is 2. The molecule has 0 unspecified atom stereocenters. The molecule has 6 nitrogen and oxygen atoms in total. The maximum Gasteiger partial charge on any atom is 0.270 e. The van der Waals surface area contributed by atoms with Gasteiger partial charge in [0.1, 0.15) is 0 Å². The standard InChI is InChI=1S/C16H16N4O2S/c1-11-6-8-14(9-7-11)17-16(23)19-18-12(2)13-4-3-5-15(10-13)20(21)22/h3-10H,1-2H3,(H2,17,19,23). The largest absolute Gasteiger partial charge is 0.331 e. The third-order valence-electron chi connectivity index (χ3n) is 3.11. The lowest BCUT2D eigenvalue weighted by molar-refractivity contribution is -0.384. The number of hydrazone groups is 1. The van der Waals surface area contributed by atoms with Gasteiger partial charge in [-0.15, -0.1) is 0 Å². The first-order valence-corrected chi connectivity index (χ1v) is 7.29. The van der Waals surface area contributed by atoms with E-state index in [0.29, 0.717) is 16.4 Å². The van der Waals surface area contributed by atoms with E-state index in [2.05, 4.69) is 15.8 Å². The number of nitrogens with zero attached hydrogens (tertiary/aromatic N) is 2. The number of nitro benzene ring substituents is 1. The van der Waals surface area contributed by atoms with Crippen molar-refractivity contribution >= 4 is 34.4 Å². The zero-order valence-corrected chi connectivity index (χ0v) is 13.6. The zero-order chi connectivity index (χ0) is 16.8. The molecule has 0 aliphatic rings. The molecule has 23 heavy (non-hydrogen) atoms. The predicted molar refractivity (Wildman–Crippen MR) is 95.8 cm³/mol. The van der Waals surface area contributed by atoms with Crippen LogP contribution in [0.4, 0.5) is 11.4 Å². The molecule has 0 saturated heterocycles. The van der Waals surface area contributed by atoms with E-state index >= 15 is 0 Å². The van der Waals surface area contributed by atoms with Crippen molar-refractivity contribution in [3.8, 4) is 0 Å². The van der Waals surface area contributed by atoms with Crippen LogP contribution in [0.1, 0.15) is 18.1 Å². The smallest absolute Gasteiger partial charge is 0.270 e. The second-order valence-corrected chi connectivity index (χ2v) is 5.34. The fourth-order valence-electron chi connectivity index (χ4n) is 1.84. The molecule has 0 amide bonds. The van der Waals surface area contributed by atoms with Gasteiger partial charge in [-0.2, -0.15) is 5.10 Å². The highest BCUT2D eigenvalue weighted by atomic mass is 32.1. The van der Waals surface area contributed by atoms with Gasteiger partial charge >= 0.3 is 0 Å². The summed E-state index contributed by atoms with van der Waals surface area (Å²) in [4.78, 5) is 10.4. The minimum atomic E-state index is -0.437. The van der Waals surface area contributed by atoms with Crippen LogP contribution in [-0.2, 0) is 0 Å². The van der Waals surface area contributed by atoms with Crippen LogP contribution in [0, 0.1) is 17.0 Å². The van der Waals surface area contributed by atoms with E-state index in [1.54, 1.807) is 19.1 Å². The Balaban J connectivity index is 2.01. The van der Waals surface area contributed by atoms with E-state index in [9.17, 15) is 10.1 Å². The molecule has 0 saturated carbocycles. The van der Waals surface area contributed by atoms with Crippen molar-refractivity contribution in [2.45, 2.75) is 13.8 Å². The fraction of sp³-hybridized carbons (Fsp3) is 0.125. The number of nitrogens with one attached hydrogen (secondary N) is 2. The molecular weight excluding hydrogens is 312 g/mol. The molecule has 0 heterocycles. The summed E-state index contributed by atoms with van der Waals surface area (Å²) < 4.78 is 0. The lowest BCUT2D eigenvalue weighted by atomic mass is 10.1. The maximum absolute atomic E-state index is 10.8. The molecule has 0 radical (unpaired) electrons. The molecule has 0 aliphatic carbocycles. The first kappa shape index (κ1) is 16.6. The molecule has 0 spiro atoms. The highest BCUT2D eigenvalue weighted by Crippen LogP contribution is 2.13. The van der Waals surface area contributed by atoms with Gasteiger partial charge in [-0.1, -0.05) is 29.8 Å². The summed E-state index contributed by atoms with van der Waals surface area (Å²) in [5.41, 5.74) is 6.03. The Labute approximate surface area is 139 Å². The number of thiocarbonyl (C=S) groups is 1. The first-order valence-electron chi connectivity index (χ1n) is 6.88. The van der Waals surface area contributed by atoms with Gasteiger partial charge in [0.25, 0.3) is 5.69 Å². The van der Waals surface area contributed by atoms with E-state index in [4.69, 9.17) is 12.2 Å². The van der Waals surface area contributed by atoms with Crippen molar-refractivity contribution in [1.82, 2.24) is 5.43 Å². The van der Waals surface area contributed by atoms with Gasteiger partial charge in [0, 0.05) is 23.4 Å². The summed E-state index contributed by atoms with van der Waals surface area (Å²) in [7, 11) is 0. The van der Waals surface area contributed by atoms with Crippen molar-refractivity contribution in [2.75, 3.05) is 5.32 Å². The lowest BCUT2D eigenvalue weighted by Gasteiger charge is -2.08. The Hall–Kier alpha value is -2.80. The summed E-state index contributed by atoms with van der Waals surface area (Å²) in [6, 6.07) is 14.1. The van der Waals surface area contributed by atoms with Crippen LogP contribution >= 0.6 is 12.2 Å². The van der Waals surface area contributed by atoms with E-state index in [0.717, 1.165) is 11.3 Å². The van der Waals surface area contributed by atoms with E-state index in [1.165, 1.54) is 12.1 Å². The normalized spacial score (nSPS) is 11.0. The van der Waals surface area contributed by atoms with Crippen LogP contribution in [0.3, 0.4) is 0 Å². The summed E-state index contributed by atoms with van der Waals surface area (Å²) in [6.07, 6.45) is 0. The van der Waals surface area contributed by atoms with Crippen LogP contribution in [0.25, 0.3) is 0 Å². The molecule has 0 bridgehead atoms. The quantitative estimate of drug-likeness (QED) is 0.388. The topological polar surface area (TPSA) is 79.6 Å². The third kappa shape index (κ3) is 4.86. The van der Waals surface area contributed by atoms with E-state index in [-0.39, 0.29) is 5.69 Å². The molecule has 7 heteroatoms. The highest BCUT2D eigenvalue weighted by Gasteiger charge is 2.07. The number of hydrogen-bond donors (Lipinski definition) is 2. The van der Waals surface area contributed by atoms with Crippen LogP contribution in [0.15, 0.2) is 53.6 Å². The SMILES string of the molecule is CC(=NNC(=S)Nc1ccc(C)cc1)c1cccc([N+](=O)[O-])c1. The molecule has 2 N–H and O–H groups in total. The van der Waals surface area contributed by atoms with Crippen molar-refractivity contribution in [1.29, 1.82) is 0 Å².